The zero-order chi connectivity index (χ0) is 15.3. The highest BCUT2D eigenvalue weighted by Gasteiger charge is 2.39. The lowest BCUT2D eigenvalue weighted by molar-refractivity contribution is -0.172. The molecular weight excluding hydrogens is 275 g/mol. The molecule has 7 heteroatoms. The average molecular weight is 287 g/mol. The van der Waals surface area contributed by atoms with Crippen LogP contribution < -0.4 is 5.32 Å². The number of rotatable bonds is 4. The molecule has 1 rings (SSSR count). The maximum absolute atomic E-state index is 12.3. The molecule has 1 aromatic rings. The standard InChI is InChI=1S/C13H12F3NO3/c1-8(18)11(20-2)10(9-6-4-3-5-7-9)17-12(19)13(14,15)16/h3-7H,1-2H3,(H,17,19)/b11-10+. The summed E-state index contributed by atoms with van der Waals surface area (Å²) in [7, 11) is 1.14. The monoisotopic (exact) mass is 287 g/mol. The van der Waals surface area contributed by atoms with Crippen LogP contribution in [0.25, 0.3) is 5.70 Å². The number of allylic oxidation sites excluding steroid dienone is 1. The minimum absolute atomic E-state index is 0.233. The Morgan fingerprint density at radius 2 is 1.70 bits per heavy atom. The Morgan fingerprint density at radius 3 is 2.10 bits per heavy atom. The maximum atomic E-state index is 12.3. The van der Waals surface area contributed by atoms with Gasteiger partial charge in [-0.15, -0.1) is 0 Å². The summed E-state index contributed by atoms with van der Waals surface area (Å²) in [4.78, 5) is 22.5. The Morgan fingerprint density at radius 1 is 1.15 bits per heavy atom. The molecule has 0 atom stereocenters. The minimum Gasteiger partial charge on any atom is -0.491 e. The Hall–Kier alpha value is -2.31. The lowest BCUT2D eigenvalue weighted by atomic mass is 10.1. The van der Waals surface area contributed by atoms with E-state index >= 15 is 0 Å². The number of ketones is 1. The molecule has 0 aromatic heterocycles. The van der Waals surface area contributed by atoms with Crippen molar-refractivity contribution >= 4 is 17.4 Å². The number of Topliss-reactive ketones (excluding diaryl/α,β-unsaturated/α-hetero) is 1. The summed E-state index contributed by atoms with van der Waals surface area (Å²) in [6, 6.07) is 7.67. The van der Waals surface area contributed by atoms with Crippen molar-refractivity contribution in [1.82, 2.24) is 5.32 Å². The van der Waals surface area contributed by atoms with E-state index in [-0.39, 0.29) is 17.0 Å². The molecule has 0 unspecified atom stereocenters. The summed E-state index contributed by atoms with van der Waals surface area (Å²) in [6.07, 6.45) is -5.06. The van der Waals surface area contributed by atoms with Gasteiger partial charge >= 0.3 is 12.1 Å². The summed E-state index contributed by atoms with van der Waals surface area (Å²) in [5.41, 5.74) is -0.0833. The number of benzene rings is 1. The summed E-state index contributed by atoms with van der Waals surface area (Å²) in [5.74, 6) is -3.13. The number of methoxy groups -OCH3 is 1. The largest absolute Gasteiger partial charge is 0.491 e. The molecule has 0 radical (unpaired) electrons. The van der Waals surface area contributed by atoms with Gasteiger partial charge in [0.15, 0.2) is 11.5 Å². The fraction of sp³-hybridized carbons (Fsp3) is 0.231. The maximum Gasteiger partial charge on any atom is 0.471 e. The molecule has 4 nitrogen and oxygen atoms in total. The van der Waals surface area contributed by atoms with E-state index in [1.807, 2.05) is 0 Å². The Kier molecular flexibility index (Phi) is 4.90. The van der Waals surface area contributed by atoms with Crippen molar-refractivity contribution in [1.29, 1.82) is 0 Å². The second kappa shape index (κ2) is 6.23. The van der Waals surface area contributed by atoms with E-state index in [1.54, 1.807) is 23.5 Å². The fourth-order valence-electron chi connectivity index (χ4n) is 1.47. The second-order valence-electron chi connectivity index (χ2n) is 3.78. The first-order valence-corrected chi connectivity index (χ1v) is 5.50. The van der Waals surface area contributed by atoms with Crippen LogP contribution in [-0.4, -0.2) is 25.0 Å². The van der Waals surface area contributed by atoms with E-state index in [9.17, 15) is 22.8 Å². The molecule has 0 aliphatic rings. The number of carbonyl (C=O) groups excluding carboxylic acids is 2. The highest BCUT2D eigenvalue weighted by molar-refractivity contribution is 6.02. The number of halogens is 3. The van der Waals surface area contributed by atoms with Crippen molar-refractivity contribution < 1.29 is 27.5 Å². The molecule has 0 spiro atoms. The van der Waals surface area contributed by atoms with Crippen LogP contribution in [0.15, 0.2) is 36.1 Å². The predicted octanol–water partition coefficient (Wildman–Crippen LogP) is 2.27. The van der Waals surface area contributed by atoms with Crippen molar-refractivity contribution in [2.75, 3.05) is 7.11 Å². The number of hydrogen-bond acceptors (Lipinski definition) is 3. The molecule has 0 saturated heterocycles. The lowest BCUT2D eigenvalue weighted by Crippen LogP contribution is -2.36. The van der Waals surface area contributed by atoms with E-state index in [0.29, 0.717) is 0 Å². The first kappa shape index (κ1) is 15.7. The summed E-state index contributed by atoms with van der Waals surface area (Å²) in [6.45, 7) is 1.13. The van der Waals surface area contributed by atoms with E-state index in [0.717, 1.165) is 14.0 Å². The van der Waals surface area contributed by atoms with Gasteiger partial charge in [0.2, 0.25) is 0 Å². The first-order chi connectivity index (χ1) is 9.27. The molecular formula is C13H12F3NO3. The third-order valence-corrected chi connectivity index (χ3v) is 2.31. The smallest absolute Gasteiger partial charge is 0.471 e. The van der Waals surface area contributed by atoms with Crippen LogP contribution in [0, 0.1) is 0 Å². The second-order valence-corrected chi connectivity index (χ2v) is 3.78. The first-order valence-electron chi connectivity index (χ1n) is 5.50. The number of amides is 1. The quantitative estimate of drug-likeness (QED) is 0.682. The van der Waals surface area contributed by atoms with Gasteiger partial charge in [-0.3, -0.25) is 9.59 Å². The van der Waals surface area contributed by atoms with E-state index in [4.69, 9.17) is 4.74 Å². The topological polar surface area (TPSA) is 55.4 Å². The van der Waals surface area contributed by atoms with Gasteiger partial charge < -0.3 is 10.1 Å². The van der Waals surface area contributed by atoms with Crippen LogP contribution in [0.4, 0.5) is 13.2 Å². The zero-order valence-corrected chi connectivity index (χ0v) is 10.7. The molecule has 1 amide bonds. The van der Waals surface area contributed by atoms with Gasteiger partial charge in [0.1, 0.15) is 0 Å². The minimum atomic E-state index is -5.06. The molecule has 1 aromatic carbocycles. The molecule has 0 aliphatic carbocycles. The number of alkyl halides is 3. The Labute approximate surface area is 113 Å². The van der Waals surface area contributed by atoms with Gasteiger partial charge in [-0.05, 0) is 0 Å². The molecule has 108 valence electrons. The number of carbonyl (C=O) groups is 2. The van der Waals surface area contributed by atoms with Crippen molar-refractivity contribution in [2.45, 2.75) is 13.1 Å². The van der Waals surface area contributed by atoms with Crippen LogP contribution >= 0.6 is 0 Å². The van der Waals surface area contributed by atoms with E-state index < -0.39 is 17.9 Å². The normalized spacial score (nSPS) is 12.4. The van der Waals surface area contributed by atoms with Crippen molar-refractivity contribution in [3.63, 3.8) is 0 Å². The Balaban J connectivity index is 3.30. The van der Waals surface area contributed by atoms with Gasteiger partial charge in [-0.2, -0.15) is 13.2 Å². The Bertz CT molecular complexity index is 536. The third kappa shape index (κ3) is 3.84. The highest BCUT2D eigenvalue weighted by atomic mass is 19.4. The summed E-state index contributed by atoms with van der Waals surface area (Å²) < 4.78 is 41.8. The van der Waals surface area contributed by atoms with Crippen LogP contribution in [0.1, 0.15) is 12.5 Å². The SMILES string of the molecule is CO/C(C(C)=O)=C(/NC(=O)C(F)(F)F)c1ccccc1. The van der Waals surface area contributed by atoms with Crippen LogP contribution in [0.2, 0.25) is 0 Å². The summed E-state index contributed by atoms with van der Waals surface area (Å²) >= 11 is 0. The molecule has 0 aliphatic heterocycles. The van der Waals surface area contributed by atoms with Crippen molar-refractivity contribution in [3.05, 3.63) is 41.7 Å². The third-order valence-electron chi connectivity index (χ3n) is 2.31. The van der Waals surface area contributed by atoms with Crippen molar-refractivity contribution in [3.8, 4) is 0 Å². The van der Waals surface area contributed by atoms with Crippen molar-refractivity contribution in [2.24, 2.45) is 0 Å². The zero-order valence-electron chi connectivity index (χ0n) is 10.7. The molecule has 1 N–H and O–H groups in total. The van der Waals surface area contributed by atoms with Gasteiger partial charge in [-0.25, -0.2) is 0 Å². The van der Waals surface area contributed by atoms with E-state index in [1.165, 1.54) is 12.1 Å². The molecule has 20 heavy (non-hydrogen) atoms. The highest BCUT2D eigenvalue weighted by Crippen LogP contribution is 2.21. The van der Waals surface area contributed by atoms with Crippen LogP contribution in [0.5, 0.6) is 0 Å². The predicted molar refractivity (Wildman–Crippen MR) is 65.2 cm³/mol. The van der Waals surface area contributed by atoms with E-state index in [2.05, 4.69) is 0 Å². The molecule has 0 bridgehead atoms. The number of ether oxygens (including phenoxy) is 1. The number of hydrogen-bond donors (Lipinski definition) is 1. The van der Waals surface area contributed by atoms with Gasteiger partial charge in [0, 0.05) is 12.5 Å². The van der Waals surface area contributed by atoms with Crippen LogP contribution in [0.3, 0.4) is 0 Å². The molecule has 0 saturated carbocycles. The van der Waals surface area contributed by atoms with Gasteiger partial charge in [-0.1, -0.05) is 30.3 Å². The molecule has 0 heterocycles. The number of nitrogens with one attached hydrogen (secondary N) is 1. The lowest BCUT2D eigenvalue weighted by Gasteiger charge is -2.15. The fourth-order valence-corrected chi connectivity index (χ4v) is 1.47. The van der Waals surface area contributed by atoms with Gasteiger partial charge in [0.25, 0.3) is 0 Å². The molecule has 0 fully saturated rings. The summed E-state index contributed by atoms with van der Waals surface area (Å²) in [5, 5.41) is 1.68. The van der Waals surface area contributed by atoms with Gasteiger partial charge in [0.05, 0.1) is 12.8 Å². The van der Waals surface area contributed by atoms with Crippen LogP contribution in [-0.2, 0) is 14.3 Å². The average Bonchev–Trinajstić information content (AvgIpc) is 2.37.